The molecule has 5 aliphatic rings. The highest BCUT2D eigenvalue weighted by atomic mass is 31.2. The number of amides is 3. The molecule has 1 aromatic rings. The molecule has 0 aliphatic carbocycles. The number of phosphoric ester groups is 1. The van der Waals surface area contributed by atoms with Crippen molar-refractivity contribution in [2.45, 2.75) is 74.6 Å². The van der Waals surface area contributed by atoms with Gasteiger partial charge in [0.2, 0.25) is 0 Å². The summed E-state index contributed by atoms with van der Waals surface area (Å²) in [6, 6.07) is -2.73. The lowest BCUT2D eigenvalue weighted by Crippen LogP contribution is -2.68. The Morgan fingerprint density at radius 3 is 2.51 bits per heavy atom. The number of imide groups is 1. The number of aliphatic hydroxyl groups is 3. The minimum atomic E-state index is -4.98. The molecule has 6 bridgehead atoms. The summed E-state index contributed by atoms with van der Waals surface area (Å²) in [6.07, 6.45) is -9.64. The number of urea groups is 1. The molecule has 3 fully saturated rings. The quantitative estimate of drug-likeness (QED) is 0.222. The van der Waals surface area contributed by atoms with E-state index in [0.717, 1.165) is 16.4 Å². The minimum absolute atomic E-state index is 0.185. The fraction of sp³-hybridized carbons (Fsp3) is 0.727. The summed E-state index contributed by atoms with van der Waals surface area (Å²) in [5.74, 6) is -1.10. The van der Waals surface area contributed by atoms with E-state index in [0.29, 0.717) is 0 Å². The van der Waals surface area contributed by atoms with Crippen LogP contribution in [0, 0.1) is 6.92 Å². The van der Waals surface area contributed by atoms with E-state index in [-0.39, 0.29) is 11.3 Å². The number of aliphatic hydroxyl groups excluding tert-OH is 2. The van der Waals surface area contributed by atoms with Crippen molar-refractivity contribution in [3.8, 4) is 0 Å². The van der Waals surface area contributed by atoms with Gasteiger partial charge in [-0.1, -0.05) is 0 Å². The van der Waals surface area contributed by atoms with E-state index in [1.807, 2.05) is 5.32 Å². The maximum atomic E-state index is 13.4. The topological polar surface area (TPSA) is 238 Å². The average Bonchev–Trinajstić information content (AvgIpc) is 3.41. The van der Waals surface area contributed by atoms with Crippen LogP contribution in [0.25, 0.3) is 0 Å². The van der Waals surface area contributed by atoms with Crippen molar-refractivity contribution >= 4 is 19.8 Å². The molecule has 3 amide bonds. The zero-order valence-electron chi connectivity index (χ0n) is 22.3. The Hall–Kier alpha value is -2.35. The Kier molecular flexibility index (Phi) is 7.88. The summed E-state index contributed by atoms with van der Waals surface area (Å²) in [7, 11) is -2.55. The number of fused-ring (bicyclic) bond motifs is 5. The Balaban J connectivity index is 1.73. The molecular formula is C22H31N4O14P. The molecule has 18 nitrogen and oxygen atoms in total. The number of ether oxygens (including phenoxy) is 4. The summed E-state index contributed by atoms with van der Waals surface area (Å²) in [4.78, 5) is 55.0. The zero-order valence-corrected chi connectivity index (χ0v) is 23.2. The third-order valence-electron chi connectivity index (χ3n) is 7.69. The van der Waals surface area contributed by atoms with Gasteiger partial charge in [-0.15, -0.1) is 0 Å². The second-order valence-electron chi connectivity index (χ2n) is 10.3. The Morgan fingerprint density at radius 1 is 1.20 bits per heavy atom. The van der Waals surface area contributed by atoms with Crippen LogP contribution in [-0.4, -0.2) is 122 Å². The summed E-state index contributed by atoms with van der Waals surface area (Å²) >= 11 is 0. The van der Waals surface area contributed by atoms with Gasteiger partial charge in [0.15, 0.2) is 18.1 Å². The van der Waals surface area contributed by atoms with E-state index >= 15 is 0 Å². The predicted octanol–water partition coefficient (Wildman–Crippen LogP) is -2.58. The van der Waals surface area contributed by atoms with E-state index in [4.69, 9.17) is 28.0 Å². The SMILES string of the molecule is CO[C@@H]1[C@H](O)[C@H]2COP(=O)(O)O[C@H]3[C@H](OC)[C@@H](O[C@@H]3CO)N3C(=O)NC(=O)[C@](C)(O)[C@@H]3c3nc(=O)n(cc3C)[C@@H]1O2. The number of aryl methyl sites for hydroxylation is 1. The first-order chi connectivity index (χ1) is 19.2. The second-order valence-corrected chi connectivity index (χ2v) is 11.7. The molecule has 6 rings (SSSR count). The van der Waals surface area contributed by atoms with Crippen molar-refractivity contribution in [1.29, 1.82) is 0 Å². The van der Waals surface area contributed by atoms with E-state index in [2.05, 4.69) is 4.98 Å². The maximum Gasteiger partial charge on any atom is 0.472 e. The standard InChI is InChI=1S/C22H31N4O14P/c1-8-5-25-17-14(35-3)12(28)10(39-17)7-37-41(33,34)40-13-9(6-27)38-18(15(13)36-4)26-16(11(8)23-20(25)30)22(2,32)19(29)24-21(26)31/h5,9-10,12-18,27-28,32H,6-7H2,1-4H3,(H,33,34)(H,24,29,31)/t9-,10-,12-,13-,14-,15+,16+,17-,18-,22-/m1/s1. The number of nitrogens with zero attached hydrogens (tertiary/aromatic N) is 3. The summed E-state index contributed by atoms with van der Waals surface area (Å²) < 4.78 is 46.8. The molecule has 5 aliphatic heterocycles. The van der Waals surface area contributed by atoms with Crippen LogP contribution in [0.5, 0.6) is 0 Å². The highest BCUT2D eigenvalue weighted by Crippen LogP contribution is 2.50. The fourth-order valence-electron chi connectivity index (χ4n) is 5.64. The first-order valence-electron chi connectivity index (χ1n) is 12.5. The van der Waals surface area contributed by atoms with Gasteiger partial charge < -0.3 is 39.2 Å². The van der Waals surface area contributed by atoms with Gasteiger partial charge in [-0.25, -0.2) is 14.2 Å². The molecular weight excluding hydrogens is 575 g/mol. The third-order valence-corrected chi connectivity index (χ3v) is 8.67. The lowest BCUT2D eigenvalue weighted by molar-refractivity contribution is -0.166. The lowest BCUT2D eigenvalue weighted by Gasteiger charge is -2.46. The smallest absolute Gasteiger partial charge is 0.394 e. The van der Waals surface area contributed by atoms with Gasteiger partial charge in [0.25, 0.3) is 5.91 Å². The van der Waals surface area contributed by atoms with E-state index in [1.54, 1.807) is 0 Å². The van der Waals surface area contributed by atoms with Gasteiger partial charge in [0, 0.05) is 20.4 Å². The molecule has 3 saturated heterocycles. The third kappa shape index (κ3) is 4.92. The number of hydrogen-bond donors (Lipinski definition) is 5. The van der Waals surface area contributed by atoms with Crippen molar-refractivity contribution in [1.82, 2.24) is 19.8 Å². The molecule has 1 aromatic heterocycles. The molecule has 0 radical (unpaired) electrons. The molecule has 228 valence electrons. The van der Waals surface area contributed by atoms with Crippen molar-refractivity contribution in [2.75, 3.05) is 27.4 Å². The Labute approximate surface area is 232 Å². The van der Waals surface area contributed by atoms with Gasteiger partial charge in [0.1, 0.15) is 42.7 Å². The molecule has 41 heavy (non-hydrogen) atoms. The molecule has 0 spiro atoms. The summed E-state index contributed by atoms with van der Waals surface area (Å²) in [6.45, 7) is 1.16. The Bertz CT molecular complexity index is 1320. The molecule has 0 aromatic carbocycles. The summed E-state index contributed by atoms with van der Waals surface area (Å²) in [5.41, 5.74) is -3.30. The van der Waals surface area contributed by atoms with Crippen LogP contribution >= 0.6 is 7.82 Å². The molecule has 6 heterocycles. The number of aromatic nitrogens is 2. The maximum absolute atomic E-state index is 13.4. The van der Waals surface area contributed by atoms with Crippen LogP contribution in [0.15, 0.2) is 11.0 Å². The zero-order chi connectivity index (χ0) is 30.0. The molecule has 5 N–H and O–H groups in total. The van der Waals surface area contributed by atoms with Crippen molar-refractivity contribution in [3.05, 3.63) is 27.9 Å². The van der Waals surface area contributed by atoms with Gasteiger partial charge >= 0.3 is 19.5 Å². The van der Waals surface area contributed by atoms with E-state index < -0.39 is 99.4 Å². The van der Waals surface area contributed by atoms with Crippen LogP contribution in [0.1, 0.15) is 30.5 Å². The Morgan fingerprint density at radius 2 is 1.88 bits per heavy atom. The highest BCUT2D eigenvalue weighted by molar-refractivity contribution is 7.47. The average molecular weight is 606 g/mol. The van der Waals surface area contributed by atoms with E-state index in [9.17, 15) is 39.2 Å². The number of carbonyl (C=O) groups is 2. The van der Waals surface area contributed by atoms with Crippen LogP contribution in [0.2, 0.25) is 0 Å². The fourth-order valence-corrected chi connectivity index (χ4v) is 6.60. The van der Waals surface area contributed by atoms with Crippen molar-refractivity contribution in [2.24, 2.45) is 0 Å². The molecule has 0 saturated carbocycles. The van der Waals surface area contributed by atoms with E-state index in [1.165, 1.54) is 27.3 Å². The minimum Gasteiger partial charge on any atom is -0.394 e. The monoisotopic (exact) mass is 606 g/mol. The summed E-state index contributed by atoms with van der Waals surface area (Å²) in [5, 5.41) is 34.2. The van der Waals surface area contributed by atoms with Crippen molar-refractivity contribution in [3.63, 3.8) is 0 Å². The lowest BCUT2D eigenvalue weighted by atomic mass is 9.87. The largest absolute Gasteiger partial charge is 0.472 e. The van der Waals surface area contributed by atoms with Crippen molar-refractivity contribution < 1.29 is 62.4 Å². The molecule has 19 heteroatoms. The number of carbonyl (C=O) groups excluding carboxylic acids is 2. The van der Waals surface area contributed by atoms with Gasteiger partial charge in [-0.2, -0.15) is 4.98 Å². The molecule has 11 atom stereocenters. The second kappa shape index (κ2) is 10.7. The van der Waals surface area contributed by atoms with Crippen LogP contribution in [0.4, 0.5) is 4.79 Å². The van der Waals surface area contributed by atoms with Crippen LogP contribution in [0.3, 0.4) is 0 Å². The van der Waals surface area contributed by atoms with Gasteiger partial charge in [0.05, 0.1) is 18.9 Å². The van der Waals surface area contributed by atoms with Gasteiger partial charge in [-0.05, 0) is 19.4 Å². The van der Waals surface area contributed by atoms with Crippen LogP contribution < -0.4 is 11.0 Å². The first kappa shape index (κ1) is 30.1. The normalized spacial score (nSPS) is 42.8. The predicted molar refractivity (Wildman–Crippen MR) is 130 cm³/mol. The number of hydrogen-bond acceptors (Lipinski definition) is 14. The highest BCUT2D eigenvalue weighted by Gasteiger charge is 2.60. The number of methoxy groups -OCH3 is 2. The first-order valence-corrected chi connectivity index (χ1v) is 14.0. The number of phosphoric acid groups is 1. The number of nitrogens with one attached hydrogen (secondary N) is 1. The number of rotatable bonds is 3. The molecule has 1 unspecified atom stereocenters. The van der Waals surface area contributed by atoms with Gasteiger partial charge in [-0.3, -0.25) is 28.6 Å². The van der Waals surface area contributed by atoms with Crippen LogP contribution in [-0.2, 0) is 37.4 Å².